The van der Waals surface area contributed by atoms with Crippen LogP contribution < -0.4 is 40.3 Å². The molecule has 0 spiro atoms. The number of hydrogen-bond acceptors (Lipinski definition) is 5. The average molecular weight is 555 g/mol. The molecule has 39 heavy (non-hydrogen) atoms. The van der Waals surface area contributed by atoms with Crippen LogP contribution in [0.2, 0.25) is 0 Å². The fourth-order valence-corrected chi connectivity index (χ4v) is 11.2. The number of hydrogen-bond donors (Lipinski definition) is 0. The van der Waals surface area contributed by atoms with E-state index < -0.39 is 18.1 Å². The second-order valence-corrected chi connectivity index (χ2v) is 16.1. The summed E-state index contributed by atoms with van der Waals surface area (Å²) in [5.41, 5.74) is 4.78. The molecule has 0 radical (unpaired) electrons. The topological polar surface area (TPSA) is 22.2 Å². The lowest BCUT2D eigenvalue weighted by Gasteiger charge is -2.27. The molecule has 0 saturated carbocycles. The Bertz CT molecular complexity index is 1110. The fraction of sp³-hybridized carbons (Fsp3) is 0.250. The highest BCUT2D eigenvalue weighted by Crippen LogP contribution is 2.14. The van der Waals surface area contributed by atoms with E-state index in [4.69, 9.17) is 4.12 Å². The Balaban J connectivity index is 1.79. The van der Waals surface area contributed by atoms with Gasteiger partial charge in [-0.25, -0.2) is 0 Å². The highest BCUT2D eigenvalue weighted by atomic mass is 28.4. The molecule has 0 aliphatic heterocycles. The predicted molar refractivity (Wildman–Crippen MR) is 177 cm³/mol. The molecule has 0 bridgehead atoms. The van der Waals surface area contributed by atoms with Gasteiger partial charge in [-0.15, -0.1) is 0 Å². The summed E-state index contributed by atoms with van der Waals surface area (Å²) in [6.07, 6.45) is 0. The van der Waals surface area contributed by atoms with Gasteiger partial charge in [-0.2, -0.15) is 0 Å². The minimum Gasteiger partial charge on any atom is -0.446 e. The van der Waals surface area contributed by atoms with Crippen LogP contribution in [0, 0.1) is 0 Å². The molecule has 5 nitrogen and oxygen atoms in total. The standard InChI is InChI=1S/C32H42N4OSi2/c1-33(2)25-9-17-29(18-10-25)38(30-19-11-26(12-20-30)34(3)4)37-39(31-21-13-27(14-22-31)35(5)6)32-23-15-28(16-24-32)36(7)8/h9-24,38-39H,1-8H3. The van der Waals surface area contributed by atoms with Crippen molar-refractivity contribution in [2.75, 3.05) is 76.0 Å². The first-order valence-corrected chi connectivity index (χ1v) is 16.6. The molecular weight excluding hydrogens is 513 g/mol. The van der Waals surface area contributed by atoms with Gasteiger partial charge < -0.3 is 23.7 Å². The second kappa shape index (κ2) is 12.6. The lowest BCUT2D eigenvalue weighted by atomic mass is 10.3. The Labute approximate surface area is 238 Å². The molecule has 204 valence electrons. The van der Waals surface area contributed by atoms with E-state index >= 15 is 0 Å². The highest BCUT2D eigenvalue weighted by molar-refractivity contribution is 6.91. The fourth-order valence-electron chi connectivity index (χ4n) is 4.62. The Morgan fingerprint density at radius 2 is 0.513 bits per heavy atom. The third kappa shape index (κ3) is 6.92. The van der Waals surface area contributed by atoms with Crippen LogP contribution in [-0.4, -0.2) is 74.5 Å². The van der Waals surface area contributed by atoms with Gasteiger partial charge in [0.1, 0.15) is 0 Å². The first-order chi connectivity index (χ1) is 18.6. The molecule has 0 saturated heterocycles. The van der Waals surface area contributed by atoms with Crippen LogP contribution in [0.25, 0.3) is 0 Å². The lowest BCUT2D eigenvalue weighted by Crippen LogP contribution is -2.56. The molecule has 4 rings (SSSR count). The van der Waals surface area contributed by atoms with Gasteiger partial charge in [0.2, 0.25) is 18.1 Å². The van der Waals surface area contributed by atoms with E-state index in [0.29, 0.717) is 0 Å². The summed E-state index contributed by atoms with van der Waals surface area (Å²) in [5.74, 6) is 0. The van der Waals surface area contributed by atoms with Crippen molar-refractivity contribution in [3.8, 4) is 0 Å². The van der Waals surface area contributed by atoms with Gasteiger partial charge >= 0.3 is 0 Å². The van der Waals surface area contributed by atoms with Crippen molar-refractivity contribution < 1.29 is 4.12 Å². The molecule has 0 heterocycles. The van der Waals surface area contributed by atoms with Crippen LogP contribution in [0.1, 0.15) is 0 Å². The van der Waals surface area contributed by atoms with Gasteiger partial charge in [0.15, 0.2) is 0 Å². The predicted octanol–water partition coefficient (Wildman–Crippen LogP) is 2.34. The van der Waals surface area contributed by atoms with Crippen LogP contribution in [0.3, 0.4) is 0 Å². The first-order valence-electron chi connectivity index (χ1n) is 13.4. The summed E-state index contributed by atoms with van der Waals surface area (Å²) >= 11 is 0. The molecule has 0 unspecified atom stereocenters. The smallest absolute Gasteiger partial charge is 0.228 e. The van der Waals surface area contributed by atoms with E-state index in [1.165, 1.54) is 43.5 Å². The molecule has 0 aliphatic carbocycles. The van der Waals surface area contributed by atoms with E-state index in [9.17, 15) is 0 Å². The zero-order chi connectivity index (χ0) is 28.1. The van der Waals surface area contributed by atoms with E-state index in [1.807, 2.05) is 0 Å². The van der Waals surface area contributed by atoms with Crippen LogP contribution in [0.5, 0.6) is 0 Å². The van der Waals surface area contributed by atoms with Crippen LogP contribution in [0.15, 0.2) is 97.1 Å². The molecule has 4 aromatic carbocycles. The Hall–Kier alpha value is -3.53. The molecular formula is C32H42N4OSi2. The van der Waals surface area contributed by atoms with Gasteiger partial charge in [0, 0.05) is 79.1 Å². The number of nitrogens with zero attached hydrogens (tertiary/aromatic N) is 4. The molecule has 0 atom stereocenters. The van der Waals surface area contributed by atoms with Crippen molar-refractivity contribution in [1.29, 1.82) is 0 Å². The van der Waals surface area contributed by atoms with Crippen LogP contribution >= 0.6 is 0 Å². The van der Waals surface area contributed by atoms with Crippen molar-refractivity contribution in [3.63, 3.8) is 0 Å². The zero-order valence-corrected chi connectivity index (χ0v) is 26.9. The maximum atomic E-state index is 7.42. The van der Waals surface area contributed by atoms with Gasteiger partial charge in [-0.05, 0) is 69.3 Å². The summed E-state index contributed by atoms with van der Waals surface area (Å²) in [6, 6.07) is 35.8. The Morgan fingerprint density at radius 3 is 0.667 bits per heavy atom. The normalized spacial score (nSPS) is 11.1. The Morgan fingerprint density at radius 1 is 0.333 bits per heavy atom. The van der Waals surface area contributed by atoms with Crippen molar-refractivity contribution >= 4 is 61.6 Å². The van der Waals surface area contributed by atoms with Gasteiger partial charge in [0.05, 0.1) is 0 Å². The van der Waals surface area contributed by atoms with E-state index in [1.54, 1.807) is 0 Å². The number of anilines is 4. The number of rotatable bonds is 10. The minimum atomic E-state index is -2.01. The highest BCUT2D eigenvalue weighted by Gasteiger charge is 2.27. The monoisotopic (exact) mass is 554 g/mol. The molecule has 0 amide bonds. The van der Waals surface area contributed by atoms with Crippen molar-refractivity contribution in [1.82, 2.24) is 0 Å². The Kier molecular flexibility index (Phi) is 9.17. The average Bonchev–Trinajstić information content (AvgIpc) is 2.94. The summed E-state index contributed by atoms with van der Waals surface area (Å²) in [4.78, 5) is 8.57. The van der Waals surface area contributed by atoms with Gasteiger partial charge in [-0.3, -0.25) is 0 Å². The molecule has 4 aromatic rings. The summed E-state index contributed by atoms with van der Waals surface area (Å²) in [7, 11) is 12.6. The van der Waals surface area contributed by atoms with E-state index in [2.05, 4.69) is 173 Å². The van der Waals surface area contributed by atoms with E-state index in [-0.39, 0.29) is 0 Å². The van der Waals surface area contributed by atoms with Gasteiger partial charge in [0.25, 0.3) is 0 Å². The summed E-state index contributed by atoms with van der Waals surface area (Å²) < 4.78 is 7.42. The third-order valence-electron chi connectivity index (χ3n) is 7.12. The third-order valence-corrected chi connectivity index (χ3v) is 13.3. The van der Waals surface area contributed by atoms with Crippen molar-refractivity contribution in [2.45, 2.75) is 0 Å². The lowest BCUT2D eigenvalue weighted by molar-refractivity contribution is 0.633. The zero-order valence-electron chi connectivity index (χ0n) is 24.6. The quantitative estimate of drug-likeness (QED) is 0.280. The first kappa shape index (κ1) is 28.5. The van der Waals surface area contributed by atoms with Crippen LogP contribution in [-0.2, 0) is 4.12 Å². The SMILES string of the molecule is CN(C)c1ccc([SiH](O[SiH](c2ccc(N(C)C)cc2)c2ccc(N(C)C)cc2)c2ccc(N(C)C)cc2)cc1. The molecule has 0 fully saturated rings. The molecule has 0 N–H and O–H groups in total. The summed E-state index contributed by atoms with van der Waals surface area (Å²) in [6.45, 7) is 0. The second-order valence-electron chi connectivity index (χ2n) is 10.8. The maximum Gasteiger partial charge on any atom is 0.228 e. The minimum absolute atomic E-state index is 1.20. The maximum absolute atomic E-state index is 7.42. The van der Waals surface area contributed by atoms with Gasteiger partial charge in [-0.1, -0.05) is 48.5 Å². The van der Waals surface area contributed by atoms with E-state index in [0.717, 1.165) is 0 Å². The largest absolute Gasteiger partial charge is 0.446 e. The summed E-state index contributed by atoms with van der Waals surface area (Å²) in [5, 5.41) is 5.19. The molecule has 7 heteroatoms. The number of benzene rings is 4. The van der Waals surface area contributed by atoms with Crippen LogP contribution in [0.4, 0.5) is 22.7 Å². The molecule has 0 aliphatic rings. The van der Waals surface area contributed by atoms with Crippen molar-refractivity contribution in [3.05, 3.63) is 97.1 Å². The molecule has 0 aromatic heterocycles. The van der Waals surface area contributed by atoms with Crippen molar-refractivity contribution in [2.24, 2.45) is 0 Å².